The quantitative estimate of drug-likeness (QED) is 0.675. The van der Waals surface area contributed by atoms with Crippen LogP contribution in [0, 0.1) is 0 Å². The smallest absolute Gasteiger partial charge is 0.0563 e. The lowest BCUT2D eigenvalue weighted by Gasteiger charge is -2.05. The zero-order valence-electron chi connectivity index (χ0n) is 9.28. The second-order valence-corrected chi connectivity index (χ2v) is 4.46. The van der Waals surface area contributed by atoms with E-state index in [0.29, 0.717) is 0 Å². The van der Waals surface area contributed by atoms with Crippen LogP contribution in [-0.4, -0.2) is 0 Å². The first-order valence-corrected chi connectivity index (χ1v) is 5.91. The minimum absolute atomic E-state index is 0.761. The maximum absolute atomic E-state index is 6.41. The van der Waals surface area contributed by atoms with Crippen LogP contribution in [-0.2, 0) is 0 Å². The molecule has 82 valence electrons. The predicted molar refractivity (Wildman–Crippen MR) is 73.8 cm³/mol. The number of benzene rings is 2. The molecule has 0 spiro atoms. The molecule has 2 aromatic carbocycles. The highest BCUT2D eigenvalue weighted by molar-refractivity contribution is 6.42. The molecule has 0 bridgehead atoms. The second-order valence-electron chi connectivity index (χ2n) is 4.08. The molecular weight excluding hydrogens is 228 g/mol. The van der Waals surface area contributed by atoms with Crippen LogP contribution in [0.3, 0.4) is 0 Å². The molecule has 2 aromatic rings. The van der Waals surface area contributed by atoms with Gasteiger partial charge in [0.15, 0.2) is 0 Å². The Kier molecular flexibility index (Phi) is 2.38. The Morgan fingerprint density at radius 2 is 1.35 bits per heavy atom. The fourth-order valence-electron chi connectivity index (χ4n) is 2.24. The average molecular weight is 239 g/mol. The van der Waals surface area contributed by atoms with Crippen molar-refractivity contribution in [1.82, 2.24) is 0 Å². The Morgan fingerprint density at radius 3 is 2.06 bits per heavy atom. The highest BCUT2D eigenvalue weighted by Crippen LogP contribution is 2.45. The Bertz CT molecular complexity index is 621. The van der Waals surface area contributed by atoms with E-state index in [1.165, 1.54) is 5.56 Å². The van der Waals surface area contributed by atoms with E-state index in [1.54, 1.807) is 0 Å². The standard InChI is InChI=1S/C16H11Cl/c1-11-13-9-5-6-10-14(13)15(16(11)17)12-7-3-2-4-8-12/h2-10H,1H2. The summed E-state index contributed by atoms with van der Waals surface area (Å²) in [4.78, 5) is 0. The SMILES string of the molecule is C=C1C(Cl)=C(c2ccccc2)c2ccccc21. The fourth-order valence-corrected chi connectivity index (χ4v) is 2.55. The first kappa shape index (κ1) is 10.4. The number of fused-ring (bicyclic) bond motifs is 1. The summed E-state index contributed by atoms with van der Waals surface area (Å²) in [6.07, 6.45) is 0. The summed E-state index contributed by atoms with van der Waals surface area (Å²) in [5, 5.41) is 0.761. The van der Waals surface area contributed by atoms with Gasteiger partial charge in [0.2, 0.25) is 0 Å². The molecule has 3 rings (SSSR count). The van der Waals surface area contributed by atoms with E-state index in [-0.39, 0.29) is 0 Å². The van der Waals surface area contributed by atoms with Crippen LogP contribution in [0.15, 0.2) is 66.2 Å². The van der Waals surface area contributed by atoms with Crippen LogP contribution >= 0.6 is 11.6 Å². The lowest BCUT2D eigenvalue weighted by molar-refractivity contribution is 1.55. The molecule has 0 atom stereocenters. The average Bonchev–Trinajstić information content (AvgIpc) is 2.64. The Balaban J connectivity index is 2.27. The molecule has 0 aliphatic heterocycles. The van der Waals surface area contributed by atoms with Gasteiger partial charge in [-0.1, -0.05) is 72.8 Å². The van der Waals surface area contributed by atoms with Crippen molar-refractivity contribution in [2.24, 2.45) is 0 Å². The molecule has 0 saturated heterocycles. The molecule has 0 heterocycles. The van der Waals surface area contributed by atoms with Gasteiger partial charge in [-0.2, -0.15) is 0 Å². The van der Waals surface area contributed by atoms with Crippen molar-refractivity contribution in [3.8, 4) is 0 Å². The van der Waals surface area contributed by atoms with E-state index in [0.717, 1.165) is 27.3 Å². The summed E-state index contributed by atoms with van der Waals surface area (Å²) in [7, 11) is 0. The van der Waals surface area contributed by atoms with Crippen LogP contribution < -0.4 is 0 Å². The van der Waals surface area contributed by atoms with E-state index >= 15 is 0 Å². The minimum atomic E-state index is 0.761. The molecule has 0 nitrogen and oxygen atoms in total. The third kappa shape index (κ3) is 1.53. The molecule has 0 N–H and O–H groups in total. The van der Waals surface area contributed by atoms with Gasteiger partial charge in [-0.05, 0) is 22.3 Å². The molecule has 1 aliphatic rings. The van der Waals surface area contributed by atoms with Crippen LogP contribution in [0.5, 0.6) is 0 Å². The third-order valence-electron chi connectivity index (χ3n) is 3.07. The molecule has 0 aromatic heterocycles. The highest BCUT2D eigenvalue weighted by atomic mass is 35.5. The van der Waals surface area contributed by atoms with Crippen molar-refractivity contribution >= 4 is 22.7 Å². The van der Waals surface area contributed by atoms with E-state index in [1.807, 2.05) is 30.3 Å². The van der Waals surface area contributed by atoms with Crippen LogP contribution in [0.1, 0.15) is 16.7 Å². The van der Waals surface area contributed by atoms with Gasteiger partial charge < -0.3 is 0 Å². The summed E-state index contributed by atoms with van der Waals surface area (Å²) in [6.45, 7) is 4.06. The van der Waals surface area contributed by atoms with Crippen molar-refractivity contribution in [3.63, 3.8) is 0 Å². The zero-order chi connectivity index (χ0) is 11.8. The van der Waals surface area contributed by atoms with Crippen LogP contribution in [0.25, 0.3) is 11.1 Å². The van der Waals surface area contributed by atoms with Crippen molar-refractivity contribution in [2.75, 3.05) is 0 Å². The predicted octanol–water partition coefficient (Wildman–Crippen LogP) is 4.71. The Morgan fingerprint density at radius 1 is 0.765 bits per heavy atom. The maximum atomic E-state index is 6.41. The van der Waals surface area contributed by atoms with Gasteiger partial charge in [0, 0.05) is 5.57 Å². The molecule has 1 heteroatoms. The van der Waals surface area contributed by atoms with E-state index in [4.69, 9.17) is 11.6 Å². The highest BCUT2D eigenvalue weighted by Gasteiger charge is 2.24. The maximum Gasteiger partial charge on any atom is 0.0563 e. The minimum Gasteiger partial charge on any atom is -0.0896 e. The number of halogens is 1. The normalized spacial score (nSPS) is 14.1. The lowest BCUT2D eigenvalue weighted by Crippen LogP contribution is -1.85. The first-order valence-electron chi connectivity index (χ1n) is 5.53. The largest absolute Gasteiger partial charge is 0.0896 e. The van der Waals surface area contributed by atoms with Crippen molar-refractivity contribution in [3.05, 3.63) is 82.9 Å². The first-order chi connectivity index (χ1) is 8.29. The third-order valence-corrected chi connectivity index (χ3v) is 3.49. The molecule has 17 heavy (non-hydrogen) atoms. The van der Waals surface area contributed by atoms with Gasteiger partial charge in [-0.15, -0.1) is 0 Å². The topological polar surface area (TPSA) is 0 Å². The number of hydrogen-bond donors (Lipinski definition) is 0. The zero-order valence-corrected chi connectivity index (χ0v) is 10.0. The van der Waals surface area contributed by atoms with Crippen molar-refractivity contribution in [2.45, 2.75) is 0 Å². The summed E-state index contributed by atoms with van der Waals surface area (Å²) >= 11 is 6.41. The van der Waals surface area contributed by atoms with Crippen molar-refractivity contribution < 1.29 is 0 Å². The van der Waals surface area contributed by atoms with Gasteiger partial charge >= 0.3 is 0 Å². The van der Waals surface area contributed by atoms with Gasteiger partial charge in [0.05, 0.1) is 5.03 Å². The number of allylic oxidation sites excluding steroid dienone is 2. The van der Waals surface area contributed by atoms with Crippen LogP contribution in [0.2, 0.25) is 0 Å². The molecular formula is C16H11Cl. The van der Waals surface area contributed by atoms with Crippen molar-refractivity contribution in [1.29, 1.82) is 0 Å². The second kappa shape index (κ2) is 3.90. The molecule has 0 radical (unpaired) electrons. The van der Waals surface area contributed by atoms with Gasteiger partial charge in [-0.3, -0.25) is 0 Å². The van der Waals surface area contributed by atoms with E-state index in [2.05, 4.69) is 30.8 Å². The summed E-state index contributed by atoms with van der Waals surface area (Å²) in [6, 6.07) is 18.4. The molecule has 0 amide bonds. The van der Waals surface area contributed by atoms with E-state index in [9.17, 15) is 0 Å². The summed E-state index contributed by atoms with van der Waals surface area (Å²) in [5.41, 5.74) is 5.46. The number of rotatable bonds is 1. The van der Waals surface area contributed by atoms with Gasteiger partial charge in [-0.25, -0.2) is 0 Å². The summed E-state index contributed by atoms with van der Waals surface area (Å²) < 4.78 is 0. The molecule has 1 aliphatic carbocycles. The monoisotopic (exact) mass is 238 g/mol. The molecule has 0 unspecified atom stereocenters. The Labute approximate surface area is 106 Å². The van der Waals surface area contributed by atoms with Crippen LogP contribution in [0.4, 0.5) is 0 Å². The summed E-state index contributed by atoms with van der Waals surface area (Å²) in [5.74, 6) is 0. The number of hydrogen-bond acceptors (Lipinski definition) is 0. The fraction of sp³-hybridized carbons (Fsp3) is 0. The van der Waals surface area contributed by atoms with Gasteiger partial charge in [0.1, 0.15) is 0 Å². The Hall–Kier alpha value is -1.79. The van der Waals surface area contributed by atoms with Gasteiger partial charge in [0.25, 0.3) is 0 Å². The molecule has 0 saturated carbocycles. The molecule has 0 fully saturated rings. The lowest BCUT2D eigenvalue weighted by atomic mass is 9.99. The van der Waals surface area contributed by atoms with E-state index < -0.39 is 0 Å².